The van der Waals surface area contributed by atoms with Gasteiger partial charge in [-0.05, 0) is 25.8 Å². The SMILES string of the molecule is CCCCCNC1CCC2(CC1)OCCO2. The molecule has 1 N–H and O–H groups in total. The fourth-order valence-electron chi connectivity index (χ4n) is 2.73. The van der Waals surface area contributed by atoms with Crippen LogP contribution in [-0.2, 0) is 9.47 Å². The van der Waals surface area contributed by atoms with E-state index in [1.165, 1.54) is 38.6 Å². The van der Waals surface area contributed by atoms with Crippen molar-refractivity contribution in [1.29, 1.82) is 0 Å². The van der Waals surface area contributed by atoms with Gasteiger partial charge < -0.3 is 14.8 Å². The Hall–Kier alpha value is -0.120. The Bertz CT molecular complexity index is 192. The van der Waals surface area contributed by atoms with Crippen molar-refractivity contribution < 1.29 is 9.47 Å². The molecule has 1 spiro atoms. The smallest absolute Gasteiger partial charge is 0.168 e. The summed E-state index contributed by atoms with van der Waals surface area (Å²) in [4.78, 5) is 0. The van der Waals surface area contributed by atoms with Gasteiger partial charge in [0.15, 0.2) is 5.79 Å². The lowest BCUT2D eigenvalue weighted by Gasteiger charge is -2.35. The quantitative estimate of drug-likeness (QED) is 0.732. The molecule has 2 rings (SSSR count). The Morgan fingerprint density at radius 3 is 2.44 bits per heavy atom. The van der Waals surface area contributed by atoms with Crippen molar-refractivity contribution in [2.45, 2.75) is 63.7 Å². The highest BCUT2D eigenvalue weighted by molar-refractivity contribution is 4.85. The molecule has 94 valence electrons. The van der Waals surface area contributed by atoms with E-state index in [0.717, 1.165) is 26.1 Å². The van der Waals surface area contributed by atoms with E-state index < -0.39 is 0 Å². The van der Waals surface area contributed by atoms with Crippen LogP contribution in [-0.4, -0.2) is 31.6 Å². The van der Waals surface area contributed by atoms with Crippen LogP contribution in [0.15, 0.2) is 0 Å². The molecule has 0 bridgehead atoms. The van der Waals surface area contributed by atoms with Crippen molar-refractivity contribution >= 4 is 0 Å². The van der Waals surface area contributed by atoms with Crippen LogP contribution in [0, 0.1) is 0 Å². The zero-order chi connectivity index (χ0) is 11.3. The van der Waals surface area contributed by atoms with Crippen LogP contribution in [0.25, 0.3) is 0 Å². The largest absolute Gasteiger partial charge is 0.348 e. The van der Waals surface area contributed by atoms with Gasteiger partial charge in [0.25, 0.3) is 0 Å². The molecular weight excluding hydrogens is 202 g/mol. The Morgan fingerprint density at radius 2 is 1.81 bits per heavy atom. The molecule has 3 heteroatoms. The Morgan fingerprint density at radius 1 is 1.12 bits per heavy atom. The van der Waals surface area contributed by atoms with Gasteiger partial charge in [0.1, 0.15) is 0 Å². The molecule has 16 heavy (non-hydrogen) atoms. The first-order chi connectivity index (χ1) is 7.85. The van der Waals surface area contributed by atoms with Gasteiger partial charge >= 0.3 is 0 Å². The average Bonchev–Trinajstić information content (AvgIpc) is 2.76. The molecule has 0 aromatic rings. The Labute approximate surface area is 98.9 Å². The van der Waals surface area contributed by atoms with Gasteiger partial charge in [0, 0.05) is 18.9 Å². The molecule has 0 aromatic heterocycles. The van der Waals surface area contributed by atoms with Crippen molar-refractivity contribution in [1.82, 2.24) is 5.32 Å². The number of rotatable bonds is 5. The second-order valence-electron chi connectivity index (χ2n) is 5.04. The Balaban J connectivity index is 1.61. The van der Waals surface area contributed by atoms with Crippen molar-refractivity contribution in [3.05, 3.63) is 0 Å². The first-order valence-electron chi connectivity index (χ1n) is 6.86. The van der Waals surface area contributed by atoms with Gasteiger partial charge in [0.2, 0.25) is 0 Å². The summed E-state index contributed by atoms with van der Waals surface area (Å²) in [5.74, 6) is -0.193. The highest BCUT2D eigenvalue weighted by Crippen LogP contribution is 2.35. The normalized spacial score (nSPS) is 25.3. The number of ether oxygens (including phenoxy) is 2. The summed E-state index contributed by atoms with van der Waals surface area (Å²) in [6.45, 7) is 5.00. The van der Waals surface area contributed by atoms with E-state index in [2.05, 4.69) is 12.2 Å². The van der Waals surface area contributed by atoms with E-state index >= 15 is 0 Å². The summed E-state index contributed by atoms with van der Waals surface area (Å²) >= 11 is 0. The molecule has 2 aliphatic rings. The topological polar surface area (TPSA) is 30.5 Å². The third kappa shape index (κ3) is 3.19. The summed E-state index contributed by atoms with van der Waals surface area (Å²) < 4.78 is 11.4. The molecule has 0 radical (unpaired) electrons. The van der Waals surface area contributed by atoms with Gasteiger partial charge in [0.05, 0.1) is 13.2 Å². The monoisotopic (exact) mass is 227 g/mol. The standard InChI is InChI=1S/C13H25NO2/c1-2-3-4-9-14-12-5-7-13(8-6-12)15-10-11-16-13/h12,14H,2-11H2,1H3. The summed E-state index contributed by atoms with van der Waals surface area (Å²) in [5, 5.41) is 3.65. The van der Waals surface area contributed by atoms with Crippen LogP contribution < -0.4 is 5.32 Å². The molecule has 1 saturated heterocycles. The lowest BCUT2D eigenvalue weighted by atomic mass is 9.90. The van der Waals surface area contributed by atoms with Crippen LogP contribution in [0.4, 0.5) is 0 Å². The van der Waals surface area contributed by atoms with Gasteiger partial charge in [-0.3, -0.25) is 0 Å². The molecule has 0 aromatic carbocycles. The minimum absolute atomic E-state index is 0.193. The third-order valence-corrected chi connectivity index (χ3v) is 3.77. The minimum Gasteiger partial charge on any atom is -0.348 e. The predicted octanol–water partition coefficient (Wildman–Crippen LogP) is 2.45. The van der Waals surface area contributed by atoms with E-state index in [-0.39, 0.29) is 5.79 Å². The number of unbranched alkanes of at least 4 members (excludes halogenated alkanes) is 2. The highest BCUT2D eigenvalue weighted by Gasteiger charge is 2.39. The first kappa shape index (κ1) is 12.3. The molecule has 2 fully saturated rings. The van der Waals surface area contributed by atoms with Crippen molar-refractivity contribution in [3.8, 4) is 0 Å². The molecule has 0 atom stereocenters. The maximum Gasteiger partial charge on any atom is 0.168 e. The number of hydrogen-bond donors (Lipinski definition) is 1. The highest BCUT2D eigenvalue weighted by atomic mass is 16.7. The summed E-state index contributed by atoms with van der Waals surface area (Å²) in [5.41, 5.74) is 0. The van der Waals surface area contributed by atoms with Crippen LogP contribution in [0.2, 0.25) is 0 Å². The van der Waals surface area contributed by atoms with E-state index in [1.807, 2.05) is 0 Å². The number of nitrogens with one attached hydrogen (secondary N) is 1. The molecule has 1 aliphatic carbocycles. The van der Waals surface area contributed by atoms with Crippen molar-refractivity contribution in [3.63, 3.8) is 0 Å². The second-order valence-corrected chi connectivity index (χ2v) is 5.04. The molecular formula is C13H25NO2. The first-order valence-corrected chi connectivity index (χ1v) is 6.86. The summed E-state index contributed by atoms with van der Waals surface area (Å²) in [6, 6.07) is 0.690. The van der Waals surface area contributed by atoms with Gasteiger partial charge in [-0.2, -0.15) is 0 Å². The fraction of sp³-hybridized carbons (Fsp3) is 1.00. The van der Waals surface area contributed by atoms with Crippen LogP contribution in [0.1, 0.15) is 51.9 Å². The summed E-state index contributed by atoms with van der Waals surface area (Å²) in [7, 11) is 0. The molecule has 1 saturated carbocycles. The van der Waals surface area contributed by atoms with Crippen LogP contribution in [0.3, 0.4) is 0 Å². The van der Waals surface area contributed by atoms with Crippen molar-refractivity contribution in [2.75, 3.05) is 19.8 Å². The van der Waals surface area contributed by atoms with Crippen molar-refractivity contribution in [2.24, 2.45) is 0 Å². The predicted molar refractivity (Wildman–Crippen MR) is 64.4 cm³/mol. The van der Waals surface area contributed by atoms with E-state index in [4.69, 9.17) is 9.47 Å². The lowest BCUT2D eigenvalue weighted by molar-refractivity contribution is -0.179. The average molecular weight is 227 g/mol. The van der Waals surface area contributed by atoms with Gasteiger partial charge in [-0.1, -0.05) is 19.8 Å². The van der Waals surface area contributed by atoms with Crippen LogP contribution >= 0.6 is 0 Å². The number of hydrogen-bond acceptors (Lipinski definition) is 3. The lowest BCUT2D eigenvalue weighted by Crippen LogP contribution is -2.42. The second kappa shape index (κ2) is 5.99. The van der Waals surface area contributed by atoms with Crippen LogP contribution in [0.5, 0.6) is 0 Å². The van der Waals surface area contributed by atoms with E-state index in [1.54, 1.807) is 0 Å². The van der Waals surface area contributed by atoms with E-state index in [0.29, 0.717) is 6.04 Å². The zero-order valence-corrected chi connectivity index (χ0v) is 10.5. The molecule has 0 unspecified atom stereocenters. The van der Waals surface area contributed by atoms with Gasteiger partial charge in [-0.15, -0.1) is 0 Å². The minimum atomic E-state index is -0.193. The molecule has 0 amide bonds. The summed E-state index contributed by atoms with van der Waals surface area (Å²) in [6.07, 6.45) is 8.49. The molecule has 1 aliphatic heterocycles. The maximum absolute atomic E-state index is 5.72. The maximum atomic E-state index is 5.72. The molecule has 1 heterocycles. The third-order valence-electron chi connectivity index (χ3n) is 3.77. The van der Waals surface area contributed by atoms with Gasteiger partial charge in [-0.25, -0.2) is 0 Å². The fourth-order valence-corrected chi connectivity index (χ4v) is 2.73. The molecule has 3 nitrogen and oxygen atoms in total. The van der Waals surface area contributed by atoms with E-state index in [9.17, 15) is 0 Å². The zero-order valence-electron chi connectivity index (χ0n) is 10.5. The Kier molecular flexibility index (Phi) is 4.62.